The number of nitrogens with zero attached hydrogens (tertiary/aromatic N) is 3. The van der Waals surface area contributed by atoms with E-state index in [2.05, 4.69) is 9.97 Å². The Kier molecular flexibility index (Phi) is 9.36. The fourth-order valence-corrected chi connectivity index (χ4v) is 2.03. The van der Waals surface area contributed by atoms with Gasteiger partial charge in [0.15, 0.2) is 11.4 Å². The molecule has 1 aromatic heterocycles. The molecule has 2 rings (SSSR count). The maximum Gasteiger partial charge on any atom is 0.490 e. The fourth-order valence-electron chi connectivity index (χ4n) is 2.03. The highest BCUT2D eigenvalue weighted by Crippen LogP contribution is 2.27. The molecule has 0 saturated carbocycles. The Morgan fingerprint density at radius 1 is 1.31 bits per heavy atom. The lowest BCUT2D eigenvalue weighted by molar-refractivity contribution is -0.192. The van der Waals surface area contributed by atoms with Gasteiger partial charge in [-0.05, 0) is 26.0 Å². The first kappa shape index (κ1) is 26.1. The van der Waals surface area contributed by atoms with Crippen molar-refractivity contribution in [2.45, 2.75) is 26.1 Å². The highest BCUT2D eigenvalue weighted by atomic mass is 19.4. The number of carbonyl (C=O) groups is 2. The van der Waals surface area contributed by atoms with E-state index < -0.39 is 18.1 Å². The summed E-state index contributed by atoms with van der Waals surface area (Å²) in [4.78, 5) is 29.5. The minimum Gasteiger partial charge on any atom is -0.475 e. The molecule has 13 heteroatoms. The van der Waals surface area contributed by atoms with Crippen LogP contribution >= 0.6 is 0 Å². The smallest absolute Gasteiger partial charge is 0.475 e. The van der Waals surface area contributed by atoms with Gasteiger partial charge in [-0.15, -0.1) is 0 Å². The van der Waals surface area contributed by atoms with Gasteiger partial charge in [-0.25, -0.2) is 14.6 Å². The maximum atomic E-state index is 12.2. The van der Waals surface area contributed by atoms with E-state index in [0.29, 0.717) is 11.1 Å². The largest absolute Gasteiger partial charge is 0.490 e. The van der Waals surface area contributed by atoms with Crippen LogP contribution in [0, 0.1) is 11.3 Å². The van der Waals surface area contributed by atoms with Crippen LogP contribution in [0.15, 0.2) is 24.3 Å². The Hall–Kier alpha value is -3.92. The van der Waals surface area contributed by atoms with Crippen molar-refractivity contribution < 1.29 is 37.3 Å². The van der Waals surface area contributed by atoms with Crippen LogP contribution in [0.2, 0.25) is 0 Å². The second-order valence-corrected chi connectivity index (χ2v) is 5.99. The van der Waals surface area contributed by atoms with Crippen LogP contribution in [0.4, 0.5) is 19.0 Å². The molecule has 0 radical (unpaired) electrons. The number of nitrogen functional groups attached to an aromatic ring is 1. The zero-order chi connectivity index (χ0) is 24.5. The minimum absolute atomic E-state index is 0.00117. The van der Waals surface area contributed by atoms with Crippen molar-refractivity contribution in [1.82, 2.24) is 9.97 Å². The number of nitriles is 1. The number of esters is 1. The molecule has 32 heavy (non-hydrogen) atoms. The number of halogens is 3. The number of carboxylic acid groups (broad SMARTS) is 1. The van der Waals surface area contributed by atoms with E-state index >= 15 is 0 Å². The number of aliphatic carboxylic acids is 1. The summed E-state index contributed by atoms with van der Waals surface area (Å²) in [7, 11) is 0. The third-order valence-electron chi connectivity index (χ3n) is 3.52. The van der Waals surface area contributed by atoms with E-state index in [4.69, 9.17) is 36.1 Å². The molecule has 1 aromatic carbocycles. The third kappa shape index (κ3) is 7.40. The van der Waals surface area contributed by atoms with Gasteiger partial charge < -0.3 is 26.0 Å². The summed E-state index contributed by atoms with van der Waals surface area (Å²) in [5.74, 6) is -3.25. The average Bonchev–Trinajstić information content (AvgIpc) is 2.73. The molecule has 0 amide bonds. The molecule has 172 valence electrons. The van der Waals surface area contributed by atoms with E-state index in [0.717, 1.165) is 0 Å². The summed E-state index contributed by atoms with van der Waals surface area (Å²) < 4.78 is 42.4. The van der Waals surface area contributed by atoms with Crippen LogP contribution in [-0.2, 0) is 9.53 Å². The monoisotopic (exact) mass is 455 g/mol. The lowest BCUT2D eigenvalue weighted by Gasteiger charge is -2.16. The Balaban J connectivity index is 0.000000633. The zero-order valence-corrected chi connectivity index (χ0v) is 17.0. The Morgan fingerprint density at radius 3 is 2.44 bits per heavy atom. The molecule has 0 aliphatic rings. The van der Waals surface area contributed by atoms with Crippen molar-refractivity contribution >= 4 is 17.8 Å². The van der Waals surface area contributed by atoms with Crippen molar-refractivity contribution in [1.29, 1.82) is 5.26 Å². The first-order valence-electron chi connectivity index (χ1n) is 8.96. The third-order valence-corrected chi connectivity index (χ3v) is 3.52. The molecule has 0 aliphatic carbocycles. The highest BCUT2D eigenvalue weighted by molar-refractivity contribution is 5.97. The van der Waals surface area contributed by atoms with Crippen molar-refractivity contribution in [3.05, 3.63) is 35.4 Å². The maximum absolute atomic E-state index is 12.2. The lowest BCUT2D eigenvalue weighted by Crippen LogP contribution is -2.25. The summed E-state index contributed by atoms with van der Waals surface area (Å²) in [6, 6.07) is 8.76. The number of nitrogens with two attached hydrogens (primary N) is 2. The molecule has 5 N–H and O–H groups in total. The van der Waals surface area contributed by atoms with Gasteiger partial charge in [0.25, 0.3) is 0 Å². The Morgan fingerprint density at radius 2 is 1.94 bits per heavy atom. The lowest BCUT2D eigenvalue weighted by atomic mass is 10.1. The van der Waals surface area contributed by atoms with Crippen LogP contribution in [0.3, 0.4) is 0 Å². The summed E-state index contributed by atoms with van der Waals surface area (Å²) in [5.41, 5.74) is 12.5. The molecule has 2 aromatic rings. The molecule has 0 fully saturated rings. The topological polar surface area (TPSA) is 174 Å². The number of carbonyl (C=O) groups excluding carboxylic acids is 1. The van der Waals surface area contributed by atoms with Crippen molar-refractivity contribution in [2.75, 3.05) is 18.9 Å². The van der Waals surface area contributed by atoms with Crippen molar-refractivity contribution in [3.8, 4) is 23.3 Å². The van der Waals surface area contributed by atoms with Gasteiger partial charge in [0, 0.05) is 12.1 Å². The van der Waals surface area contributed by atoms with E-state index in [9.17, 15) is 18.0 Å². The molecule has 0 unspecified atom stereocenters. The summed E-state index contributed by atoms with van der Waals surface area (Å²) in [6.45, 7) is 3.82. The fraction of sp³-hybridized carbons (Fsp3) is 0.316. The molecular weight excluding hydrogens is 435 g/mol. The average molecular weight is 455 g/mol. The van der Waals surface area contributed by atoms with Gasteiger partial charge in [0.2, 0.25) is 5.88 Å². The molecular formula is C19H20F3N5O5. The van der Waals surface area contributed by atoms with Gasteiger partial charge in [-0.3, -0.25) is 0 Å². The zero-order valence-electron chi connectivity index (χ0n) is 17.0. The molecule has 10 nitrogen and oxygen atoms in total. The SMILES string of the molecule is CCOC(=O)c1c(N)nc(-c2cccc(C#N)c2)nc1O[C@@H](C)CN.O=C(O)C(F)(F)F. The first-order valence-corrected chi connectivity index (χ1v) is 8.96. The van der Waals surface area contributed by atoms with Crippen molar-refractivity contribution in [2.24, 2.45) is 5.73 Å². The second kappa shape index (κ2) is 11.5. The number of benzene rings is 1. The summed E-state index contributed by atoms with van der Waals surface area (Å²) in [5, 5.41) is 16.2. The van der Waals surface area contributed by atoms with E-state index in [1.165, 1.54) is 0 Å². The van der Waals surface area contributed by atoms with Gasteiger partial charge >= 0.3 is 18.1 Å². The normalized spacial score (nSPS) is 11.4. The standard InChI is InChI=1S/C17H19N5O3.C2HF3O2/c1-3-24-17(23)13-14(20)21-15(22-16(13)25-10(2)8-18)12-6-4-5-11(7-12)9-19;3-2(4,5)1(6)7/h4-7,10H,3,8,18H2,1-2H3,(H2,20,21,22);(H,6,7)/t10-;/m0./s1. The van der Waals surface area contributed by atoms with E-state index in [-0.39, 0.29) is 42.3 Å². The number of carboxylic acids is 1. The van der Waals surface area contributed by atoms with Gasteiger partial charge in [-0.1, -0.05) is 12.1 Å². The summed E-state index contributed by atoms with van der Waals surface area (Å²) in [6.07, 6.45) is -5.47. The molecule has 0 aliphatic heterocycles. The van der Waals surface area contributed by atoms with Crippen molar-refractivity contribution in [3.63, 3.8) is 0 Å². The number of aromatic nitrogens is 2. The van der Waals surface area contributed by atoms with Gasteiger partial charge in [0.1, 0.15) is 11.9 Å². The van der Waals surface area contributed by atoms with Gasteiger partial charge in [0.05, 0.1) is 18.2 Å². The predicted molar refractivity (Wildman–Crippen MR) is 105 cm³/mol. The van der Waals surface area contributed by atoms with Crippen LogP contribution in [0.1, 0.15) is 29.8 Å². The van der Waals surface area contributed by atoms with E-state index in [1.807, 2.05) is 6.07 Å². The van der Waals surface area contributed by atoms with Gasteiger partial charge in [-0.2, -0.15) is 23.4 Å². The number of anilines is 1. The number of alkyl halides is 3. The van der Waals surface area contributed by atoms with Crippen LogP contribution in [0.25, 0.3) is 11.4 Å². The van der Waals surface area contributed by atoms with Crippen LogP contribution in [0.5, 0.6) is 5.88 Å². The van der Waals surface area contributed by atoms with Crippen LogP contribution in [-0.4, -0.2) is 52.4 Å². The minimum atomic E-state index is -5.08. The number of rotatable bonds is 6. The highest BCUT2D eigenvalue weighted by Gasteiger charge is 2.38. The molecule has 1 atom stereocenters. The first-order chi connectivity index (χ1) is 14.9. The predicted octanol–water partition coefficient (Wildman–Crippen LogP) is 2.13. The number of ether oxygens (including phenoxy) is 2. The number of hydrogen-bond acceptors (Lipinski definition) is 9. The molecule has 0 saturated heterocycles. The second-order valence-electron chi connectivity index (χ2n) is 5.99. The van der Waals surface area contributed by atoms with E-state index in [1.54, 1.807) is 38.1 Å². The molecule has 0 bridgehead atoms. The number of hydrogen-bond donors (Lipinski definition) is 3. The molecule has 0 spiro atoms. The summed E-state index contributed by atoms with van der Waals surface area (Å²) >= 11 is 0. The quantitative estimate of drug-likeness (QED) is 0.547. The Labute approximate surface area is 180 Å². The Bertz CT molecular complexity index is 1010. The van der Waals surface area contributed by atoms with Crippen LogP contribution < -0.4 is 16.2 Å². The molecule has 1 heterocycles.